The number of hydrogen-bond acceptors (Lipinski definition) is 4. The molecule has 40 heavy (non-hydrogen) atoms. The number of ketones is 1. The molecule has 214 valence electrons. The molecular weight excluding hydrogens is 526 g/mol. The summed E-state index contributed by atoms with van der Waals surface area (Å²) in [4.78, 5) is 30.9. The molecule has 2 heterocycles. The zero-order valence-electron chi connectivity index (χ0n) is 22.1. The largest absolute Gasteiger partial charge is 0.573 e. The van der Waals surface area contributed by atoms with Crippen LogP contribution in [0.25, 0.3) is 10.9 Å². The van der Waals surface area contributed by atoms with E-state index >= 15 is 0 Å². The molecule has 0 atom stereocenters. The molecule has 2 aromatic carbocycles. The zero-order chi connectivity index (χ0) is 28.3. The quantitative estimate of drug-likeness (QED) is 0.245. The highest BCUT2D eigenvalue weighted by atomic mass is 19.4. The lowest BCUT2D eigenvalue weighted by Crippen LogP contribution is -2.39. The Labute approximate surface area is 230 Å². The van der Waals surface area contributed by atoms with Crippen LogP contribution in [-0.4, -0.2) is 53.6 Å². The number of nitrogens with one attached hydrogen (secondary N) is 2. The minimum absolute atomic E-state index is 0.00621. The first-order chi connectivity index (χ1) is 19.1. The third kappa shape index (κ3) is 7.21. The third-order valence-electron chi connectivity index (χ3n) is 8.19. The molecule has 5 rings (SSSR count). The van der Waals surface area contributed by atoms with Gasteiger partial charge in [-0.3, -0.25) is 9.59 Å². The first kappa shape index (κ1) is 28.1. The number of benzene rings is 2. The van der Waals surface area contributed by atoms with Crippen molar-refractivity contribution in [3.63, 3.8) is 0 Å². The molecular formula is C30H33F4N3O3. The van der Waals surface area contributed by atoms with Gasteiger partial charge in [-0.1, -0.05) is 0 Å². The van der Waals surface area contributed by atoms with E-state index in [2.05, 4.69) is 19.9 Å². The van der Waals surface area contributed by atoms with E-state index in [-0.39, 0.29) is 35.2 Å². The number of carbonyl (C=O) groups excluding carboxylic acids is 2. The number of amides is 1. The topological polar surface area (TPSA) is 74.4 Å². The summed E-state index contributed by atoms with van der Waals surface area (Å²) < 4.78 is 54.6. The van der Waals surface area contributed by atoms with Crippen molar-refractivity contribution in [2.24, 2.45) is 11.8 Å². The summed E-state index contributed by atoms with van der Waals surface area (Å²) in [5, 5.41) is 3.53. The standard InChI is InChI=1S/C30H33F4N3O3/c31-23-5-3-20(4-6-23)28(38)21-12-15-37(16-13-21)14-11-19-1-7-24(8-2-19)35-29(39)27-18-22-17-25(40-30(32,33)34)9-10-26(22)36-27/h3-6,9-10,17-19,21,24,36H,1-2,7-8,11-16H2,(H,35,39). The summed E-state index contributed by atoms with van der Waals surface area (Å²) in [5.41, 5.74) is 1.45. The average Bonchev–Trinajstić information content (AvgIpc) is 3.36. The predicted octanol–water partition coefficient (Wildman–Crippen LogP) is 6.48. The maximum absolute atomic E-state index is 13.1. The summed E-state index contributed by atoms with van der Waals surface area (Å²) >= 11 is 0. The van der Waals surface area contributed by atoms with Gasteiger partial charge in [0.15, 0.2) is 5.78 Å². The van der Waals surface area contributed by atoms with Crippen LogP contribution in [-0.2, 0) is 0 Å². The number of likely N-dealkylation sites (tertiary alicyclic amines) is 1. The molecule has 1 amide bonds. The van der Waals surface area contributed by atoms with Crippen LogP contribution in [0.1, 0.15) is 65.8 Å². The molecule has 1 aromatic heterocycles. The second-order valence-corrected chi connectivity index (χ2v) is 10.9. The van der Waals surface area contributed by atoms with Gasteiger partial charge >= 0.3 is 6.36 Å². The number of aromatic amines is 1. The third-order valence-corrected chi connectivity index (χ3v) is 8.19. The molecule has 0 spiro atoms. The number of alkyl halides is 3. The Kier molecular flexibility index (Phi) is 8.44. The van der Waals surface area contributed by atoms with Crippen molar-refractivity contribution >= 4 is 22.6 Å². The second kappa shape index (κ2) is 12.0. The van der Waals surface area contributed by atoms with E-state index in [0.717, 1.165) is 64.6 Å². The van der Waals surface area contributed by atoms with E-state index in [4.69, 9.17) is 0 Å². The monoisotopic (exact) mass is 559 g/mol. The Morgan fingerprint density at radius 1 is 0.950 bits per heavy atom. The Balaban J connectivity index is 1.02. The molecule has 6 nitrogen and oxygen atoms in total. The van der Waals surface area contributed by atoms with Gasteiger partial charge in [0.25, 0.3) is 5.91 Å². The highest BCUT2D eigenvalue weighted by molar-refractivity contribution is 5.98. The van der Waals surface area contributed by atoms with Crippen molar-refractivity contribution in [3.8, 4) is 5.75 Å². The van der Waals surface area contributed by atoms with Crippen LogP contribution in [0.2, 0.25) is 0 Å². The van der Waals surface area contributed by atoms with Gasteiger partial charge in [0.1, 0.15) is 17.3 Å². The van der Waals surface area contributed by atoms with Crippen LogP contribution in [0, 0.1) is 17.7 Å². The van der Waals surface area contributed by atoms with Crippen molar-refractivity contribution in [3.05, 3.63) is 65.6 Å². The molecule has 10 heteroatoms. The predicted molar refractivity (Wildman–Crippen MR) is 143 cm³/mol. The molecule has 0 radical (unpaired) electrons. The highest BCUT2D eigenvalue weighted by Gasteiger charge is 2.31. The number of halogens is 4. The Morgan fingerprint density at radius 2 is 1.65 bits per heavy atom. The zero-order valence-corrected chi connectivity index (χ0v) is 22.1. The minimum atomic E-state index is -4.77. The number of rotatable bonds is 8. The molecule has 2 N–H and O–H groups in total. The van der Waals surface area contributed by atoms with Gasteiger partial charge in [-0.15, -0.1) is 13.2 Å². The van der Waals surface area contributed by atoms with E-state index in [1.54, 1.807) is 12.1 Å². The number of nitrogens with zero attached hydrogens (tertiary/aromatic N) is 1. The Morgan fingerprint density at radius 3 is 2.33 bits per heavy atom. The van der Waals surface area contributed by atoms with E-state index in [1.807, 2.05) is 0 Å². The molecule has 0 unspecified atom stereocenters. The molecule has 1 saturated carbocycles. The molecule has 0 bridgehead atoms. The highest BCUT2D eigenvalue weighted by Crippen LogP contribution is 2.30. The first-order valence-electron chi connectivity index (χ1n) is 13.8. The Bertz CT molecular complexity index is 1320. The maximum Gasteiger partial charge on any atom is 0.573 e. The number of hydrogen-bond donors (Lipinski definition) is 2. The van der Waals surface area contributed by atoms with Gasteiger partial charge in [-0.05, 0) is 119 Å². The number of fused-ring (bicyclic) bond motifs is 1. The summed E-state index contributed by atoms with van der Waals surface area (Å²) in [5.74, 6) is -0.243. The fraction of sp³-hybridized carbons (Fsp3) is 0.467. The lowest BCUT2D eigenvalue weighted by atomic mass is 9.83. The molecule has 1 aliphatic heterocycles. The van der Waals surface area contributed by atoms with E-state index in [9.17, 15) is 27.2 Å². The number of aromatic nitrogens is 1. The van der Waals surface area contributed by atoms with Crippen molar-refractivity contribution in [1.29, 1.82) is 0 Å². The second-order valence-electron chi connectivity index (χ2n) is 10.9. The lowest BCUT2D eigenvalue weighted by molar-refractivity contribution is -0.274. The number of carbonyl (C=O) groups is 2. The van der Waals surface area contributed by atoms with Gasteiger partial charge in [0, 0.05) is 28.4 Å². The van der Waals surface area contributed by atoms with E-state index in [1.165, 1.54) is 36.4 Å². The molecule has 2 aliphatic rings. The van der Waals surface area contributed by atoms with E-state index < -0.39 is 6.36 Å². The molecule has 1 saturated heterocycles. The maximum atomic E-state index is 13.1. The van der Waals surface area contributed by atoms with Crippen LogP contribution in [0.15, 0.2) is 48.5 Å². The number of ether oxygens (including phenoxy) is 1. The first-order valence-corrected chi connectivity index (χ1v) is 13.8. The number of Topliss-reactive ketones (excluding diaryl/α,β-unsaturated/α-hetero) is 1. The van der Waals surface area contributed by atoms with Crippen LogP contribution >= 0.6 is 0 Å². The van der Waals surface area contributed by atoms with Crippen LogP contribution < -0.4 is 10.1 Å². The lowest BCUT2D eigenvalue weighted by Gasteiger charge is -2.34. The molecule has 2 fully saturated rings. The van der Waals surface area contributed by atoms with Crippen LogP contribution in [0.4, 0.5) is 17.6 Å². The summed E-state index contributed by atoms with van der Waals surface area (Å²) in [6.07, 6.45) is 1.76. The van der Waals surface area contributed by atoms with Gasteiger partial charge in [0.05, 0.1) is 0 Å². The van der Waals surface area contributed by atoms with Gasteiger partial charge in [-0.25, -0.2) is 4.39 Å². The summed E-state index contributed by atoms with van der Waals surface area (Å²) in [7, 11) is 0. The van der Waals surface area contributed by atoms with E-state index in [0.29, 0.717) is 28.1 Å². The van der Waals surface area contributed by atoms with Crippen molar-refractivity contribution in [2.75, 3.05) is 19.6 Å². The van der Waals surface area contributed by atoms with Crippen LogP contribution in [0.3, 0.4) is 0 Å². The number of piperidine rings is 1. The van der Waals surface area contributed by atoms with Crippen LogP contribution in [0.5, 0.6) is 5.75 Å². The molecule has 3 aromatic rings. The average molecular weight is 560 g/mol. The smallest absolute Gasteiger partial charge is 0.406 e. The minimum Gasteiger partial charge on any atom is -0.406 e. The number of H-pyrrole nitrogens is 1. The van der Waals surface area contributed by atoms with Gasteiger partial charge in [0.2, 0.25) is 0 Å². The Hall–Kier alpha value is -3.40. The summed E-state index contributed by atoms with van der Waals surface area (Å²) in [6.45, 7) is 2.77. The van der Waals surface area contributed by atoms with Crippen molar-refractivity contribution < 1.29 is 31.9 Å². The molecule has 1 aliphatic carbocycles. The summed E-state index contributed by atoms with van der Waals surface area (Å²) in [6, 6.07) is 11.3. The SMILES string of the molecule is O=C(NC1CCC(CCN2CCC(C(=O)c3ccc(F)cc3)CC2)CC1)c1cc2cc(OC(F)(F)F)ccc2[nH]1. The van der Waals surface area contributed by atoms with Crippen molar-refractivity contribution in [2.45, 2.75) is 57.3 Å². The van der Waals surface area contributed by atoms with Crippen molar-refractivity contribution in [1.82, 2.24) is 15.2 Å². The fourth-order valence-electron chi connectivity index (χ4n) is 5.92. The normalized spacial score (nSPS) is 20.9. The fourth-order valence-corrected chi connectivity index (χ4v) is 5.92. The van der Waals surface area contributed by atoms with Gasteiger partial charge < -0.3 is 19.9 Å². The van der Waals surface area contributed by atoms with Gasteiger partial charge in [-0.2, -0.15) is 0 Å².